The highest BCUT2D eigenvalue weighted by atomic mass is 32.2. The zero-order chi connectivity index (χ0) is 28.2. The summed E-state index contributed by atoms with van der Waals surface area (Å²) in [5.41, 5.74) is 2.02. The first-order valence-corrected chi connectivity index (χ1v) is 14.7. The zero-order valence-electron chi connectivity index (χ0n) is 23.4. The van der Waals surface area contributed by atoms with Crippen LogP contribution in [0.15, 0.2) is 120 Å². The summed E-state index contributed by atoms with van der Waals surface area (Å²) in [7, 11) is -3.91. The van der Waals surface area contributed by atoms with Crippen molar-refractivity contribution in [1.29, 1.82) is 0 Å². The number of hydrogen-bond donors (Lipinski definition) is 0. The van der Waals surface area contributed by atoms with Gasteiger partial charge in [-0.25, -0.2) is 0 Å². The molecule has 0 aliphatic heterocycles. The van der Waals surface area contributed by atoms with Gasteiger partial charge in [-0.05, 0) is 63.4 Å². The molecular formula is C34H38O4S. The Kier molecular flexibility index (Phi) is 8.45. The van der Waals surface area contributed by atoms with Crippen molar-refractivity contribution >= 4 is 10.1 Å². The molecule has 0 fully saturated rings. The van der Waals surface area contributed by atoms with Gasteiger partial charge in [0.1, 0.15) is 0 Å². The van der Waals surface area contributed by atoms with E-state index in [0.29, 0.717) is 13.0 Å². The van der Waals surface area contributed by atoms with Gasteiger partial charge in [0.15, 0.2) is 0 Å². The van der Waals surface area contributed by atoms with Crippen molar-refractivity contribution in [3.63, 3.8) is 0 Å². The Morgan fingerprint density at radius 1 is 0.615 bits per heavy atom. The minimum Gasteiger partial charge on any atom is -0.374 e. The lowest BCUT2D eigenvalue weighted by Gasteiger charge is -2.48. The van der Waals surface area contributed by atoms with E-state index in [-0.39, 0.29) is 4.90 Å². The molecule has 0 saturated carbocycles. The summed E-state index contributed by atoms with van der Waals surface area (Å²) in [4.78, 5) is 0.152. The van der Waals surface area contributed by atoms with E-state index in [1.807, 2.05) is 25.1 Å². The third-order valence-electron chi connectivity index (χ3n) is 7.34. The summed E-state index contributed by atoms with van der Waals surface area (Å²) in [6.07, 6.45) is 0.385. The third-order valence-corrected chi connectivity index (χ3v) is 8.86. The Morgan fingerprint density at radius 2 is 1.03 bits per heavy atom. The van der Waals surface area contributed by atoms with E-state index in [2.05, 4.69) is 86.6 Å². The molecule has 0 radical (unpaired) electrons. The molecule has 0 amide bonds. The monoisotopic (exact) mass is 542 g/mol. The van der Waals surface area contributed by atoms with Crippen LogP contribution in [0.25, 0.3) is 0 Å². The van der Waals surface area contributed by atoms with E-state index in [1.165, 1.54) is 0 Å². The molecule has 0 unspecified atom stereocenters. The molecule has 0 saturated heterocycles. The molecule has 0 N–H and O–H groups in total. The van der Waals surface area contributed by atoms with E-state index in [4.69, 9.17) is 8.92 Å². The lowest BCUT2D eigenvalue weighted by molar-refractivity contribution is -0.0679. The van der Waals surface area contributed by atoms with Crippen LogP contribution in [-0.2, 0) is 24.5 Å². The Bertz CT molecular complexity index is 1350. The molecule has 4 aromatic rings. The molecule has 0 atom stereocenters. The van der Waals surface area contributed by atoms with E-state index in [0.717, 1.165) is 22.3 Å². The van der Waals surface area contributed by atoms with Gasteiger partial charge in [0, 0.05) is 6.42 Å². The maximum Gasteiger partial charge on any atom is 0.297 e. The largest absolute Gasteiger partial charge is 0.374 e. The second kappa shape index (κ2) is 11.5. The molecule has 0 aliphatic rings. The summed E-state index contributed by atoms with van der Waals surface area (Å²) in [5.74, 6) is 0. The first kappa shape index (κ1) is 28.8. The van der Waals surface area contributed by atoms with Crippen LogP contribution in [0.4, 0.5) is 0 Å². The van der Waals surface area contributed by atoms with Crippen LogP contribution in [0.2, 0.25) is 0 Å². The molecule has 5 heteroatoms. The molecule has 39 heavy (non-hydrogen) atoms. The van der Waals surface area contributed by atoms with Crippen molar-refractivity contribution in [2.75, 3.05) is 6.61 Å². The van der Waals surface area contributed by atoms with Crippen LogP contribution in [0.3, 0.4) is 0 Å². The summed E-state index contributed by atoms with van der Waals surface area (Å²) in [6, 6.07) is 38.0. The normalized spacial score (nSPS) is 12.8. The van der Waals surface area contributed by atoms with Gasteiger partial charge in [0.2, 0.25) is 0 Å². The predicted octanol–water partition coefficient (Wildman–Crippen LogP) is 7.70. The molecule has 4 rings (SSSR count). The predicted molar refractivity (Wildman–Crippen MR) is 157 cm³/mol. The Balaban J connectivity index is 1.65. The Hall–Kier alpha value is -3.25. The molecule has 204 valence electrons. The summed E-state index contributed by atoms with van der Waals surface area (Å²) >= 11 is 0. The number of ether oxygens (including phenoxy) is 1. The lowest BCUT2D eigenvalue weighted by Crippen LogP contribution is -2.51. The highest BCUT2D eigenvalue weighted by Crippen LogP contribution is 2.49. The zero-order valence-corrected chi connectivity index (χ0v) is 24.2. The van der Waals surface area contributed by atoms with Crippen molar-refractivity contribution in [3.8, 4) is 0 Å². The second-order valence-electron chi connectivity index (χ2n) is 11.1. The maximum absolute atomic E-state index is 13.0. The van der Waals surface area contributed by atoms with Crippen LogP contribution >= 0.6 is 0 Å². The molecule has 0 aliphatic carbocycles. The summed E-state index contributed by atoms with van der Waals surface area (Å²) in [5, 5.41) is 0. The molecule has 4 nitrogen and oxygen atoms in total. The molecule has 0 spiro atoms. The minimum atomic E-state index is -3.91. The fourth-order valence-corrected chi connectivity index (χ4v) is 6.60. The Morgan fingerprint density at radius 3 is 1.44 bits per heavy atom. The standard InChI is InChI=1S/C34H38O4S/c1-27-21-23-31(24-22-27)39(35,36)38-32(2,3)25-26-37-33(4,5)34(28-15-9-6-10-16-28,29-17-11-7-12-18-29)30-19-13-8-14-20-30/h6-24H,25-26H2,1-5H3. The number of benzene rings is 4. The van der Waals surface area contributed by atoms with Gasteiger partial charge in [0.05, 0.1) is 28.1 Å². The van der Waals surface area contributed by atoms with E-state index >= 15 is 0 Å². The van der Waals surface area contributed by atoms with Gasteiger partial charge in [-0.2, -0.15) is 8.42 Å². The van der Waals surface area contributed by atoms with E-state index in [1.54, 1.807) is 38.1 Å². The number of hydrogen-bond acceptors (Lipinski definition) is 4. The Labute approximate surface area is 233 Å². The SMILES string of the molecule is Cc1ccc(S(=O)(=O)OC(C)(C)CCOC(C)(C)C(c2ccccc2)(c2ccccc2)c2ccccc2)cc1. The second-order valence-corrected chi connectivity index (χ2v) is 12.6. The van der Waals surface area contributed by atoms with Crippen LogP contribution < -0.4 is 0 Å². The van der Waals surface area contributed by atoms with Gasteiger partial charge >= 0.3 is 0 Å². The average molecular weight is 543 g/mol. The number of aryl methyl sites for hydroxylation is 1. The van der Waals surface area contributed by atoms with Crippen molar-refractivity contribution in [1.82, 2.24) is 0 Å². The van der Waals surface area contributed by atoms with Crippen LogP contribution in [0.1, 0.15) is 56.4 Å². The highest BCUT2D eigenvalue weighted by molar-refractivity contribution is 7.86. The first-order valence-electron chi connectivity index (χ1n) is 13.3. The van der Waals surface area contributed by atoms with Gasteiger partial charge in [-0.15, -0.1) is 0 Å². The fourth-order valence-electron chi connectivity index (χ4n) is 5.36. The van der Waals surface area contributed by atoms with Crippen LogP contribution in [-0.4, -0.2) is 26.2 Å². The molecule has 4 aromatic carbocycles. The molecule has 0 aromatic heterocycles. The fraction of sp³-hybridized carbons (Fsp3) is 0.294. The van der Waals surface area contributed by atoms with Crippen molar-refractivity contribution in [3.05, 3.63) is 138 Å². The summed E-state index contributed by atoms with van der Waals surface area (Å²) in [6.45, 7) is 10.0. The maximum atomic E-state index is 13.0. The van der Waals surface area contributed by atoms with Gasteiger partial charge in [-0.1, -0.05) is 109 Å². The van der Waals surface area contributed by atoms with Crippen LogP contribution in [0, 0.1) is 6.92 Å². The third kappa shape index (κ3) is 6.17. The van der Waals surface area contributed by atoms with E-state index < -0.39 is 26.7 Å². The molecule has 0 heterocycles. The molecular weight excluding hydrogens is 504 g/mol. The highest BCUT2D eigenvalue weighted by Gasteiger charge is 2.50. The first-order chi connectivity index (χ1) is 18.5. The van der Waals surface area contributed by atoms with Crippen molar-refractivity contribution in [2.45, 2.75) is 62.6 Å². The van der Waals surface area contributed by atoms with Gasteiger partial charge < -0.3 is 4.74 Å². The van der Waals surface area contributed by atoms with Crippen molar-refractivity contribution in [2.24, 2.45) is 0 Å². The van der Waals surface area contributed by atoms with Crippen LogP contribution in [0.5, 0.6) is 0 Å². The van der Waals surface area contributed by atoms with Gasteiger partial charge in [-0.3, -0.25) is 4.18 Å². The minimum absolute atomic E-state index is 0.152. The average Bonchev–Trinajstić information content (AvgIpc) is 2.90. The smallest absolute Gasteiger partial charge is 0.297 e. The van der Waals surface area contributed by atoms with E-state index in [9.17, 15) is 8.42 Å². The number of rotatable bonds is 11. The lowest BCUT2D eigenvalue weighted by atomic mass is 9.60. The quantitative estimate of drug-likeness (QED) is 0.144. The van der Waals surface area contributed by atoms with Crippen molar-refractivity contribution < 1.29 is 17.3 Å². The topological polar surface area (TPSA) is 52.6 Å². The van der Waals surface area contributed by atoms with Gasteiger partial charge in [0.25, 0.3) is 10.1 Å². The molecule has 0 bridgehead atoms. The summed E-state index contributed by atoms with van der Waals surface area (Å²) < 4.78 is 38.4.